The standard InChI is InChI=1S/C63H50N3OP/c67-68(55-25-10-3-11-26-55,56-27-12-4-13-28-56)57-41-37-46(38-42-57)52-23-18-24-54(45-52)63(43-16-5-17-44-63)53-39-35-51(36-40-53)62-65-60(49-21-8-2-9-22-49)64-61(66-62)50-33-31-48(32-34-50)59-30-15-14-29-58(59)47-19-6-1-7-20-47/h1-4,6-15,18-42,45H,5,16-17,43-44H2. The van der Waals surface area contributed by atoms with E-state index in [1.54, 1.807) is 0 Å². The zero-order valence-electron chi connectivity index (χ0n) is 37.8. The van der Waals surface area contributed by atoms with Gasteiger partial charge in [0.2, 0.25) is 0 Å². The van der Waals surface area contributed by atoms with Crippen LogP contribution in [0.5, 0.6) is 0 Å². The minimum absolute atomic E-state index is 0.136. The van der Waals surface area contributed by atoms with Crippen LogP contribution in [0.25, 0.3) is 67.5 Å². The van der Waals surface area contributed by atoms with Gasteiger partial charge in [0.05, 0.1) is 0 Å². The van der Waals surface area contributed by atoms with Crippen molar-refractivity contribution in [2.45, 2.75) is 37.5 Å². The maximum absolute atomic E-state index is 15.1. The Kier molecular flexibility index (Phi) is 11.9. The van der Waals surface area contributed by atoms with E-state index < -0.39 is 7.14 Å². The van der Waals surface area contributed by atoms with E-state index in [0.717, 1.165) is 62.1 Å². The molecule has 1 heterocycles. The van der Waals surface area contributed by atoms with E-state index in [0.29, 0.717) is 17.5 Å². The van der Waals surface area contributed by atoms with Crippen LogP contribution in [0.4, 0.5) is 0 Å². The summed E-state index contributed by atoms with van der Waals surface area (Å²) in [6.45, 7) is 0. The predicted octanol–water partition coefficient (Wildman–Crippen LogP) is 14.8. The van der Waals surface area contributed by atoms with Crippen molar-refractivity contribution in [1.29, 1.82) is 0 Å². The lowest BCUT2D eigenvalue weighted by atomic mass is 9.65. The van der Waals surface area contributed by atoms with Crippen molar-refractivity contribution in [3.63, 3.8) is 0 Å². The highest BCUT2D eigenvalue weighted by molar-refractivity contribution is 7.85. The fraction of sp³-hybridized carbons (Fsp3) is 0.0952. The molecule has 0 atom stereocenters. The second kappa shape index (κ2) is 18.8. The molecule has 1 aromatic heterocycles. The number of rotatable bonds is 11. The molecule has 11 rings (SSSR count). The van der Waals surface area contributed by atoms with Crippen molar-refractivity contribution >= 4 is 23.1 Å². The molecule has 1 fully saturated rings. The molecule has 1 saturated carbocycles. The molecule has 0 aliphatic heterocycles. The fourth-order valence-corrected chi connectivity index (χ4v) is 12.8. The van der Waals surface area contributed by atoms with Crippen LogP contribution in [0, 0.1) is 0 Å². The molecule has 68 heavy (non-hydrogen) atoms. The number of hydrogen-bond acceptors (Lipinski definition) is 4. The Bertz CT molecular complexity index is 3310. The van der Waals surface area contributed by atoms with Gasteiger partial charge in [-0.25, -0.2) is 15.0 Å². The highest BCUT2D eigenvalue weighted by atomic mass is 31.2. The van der Waals surface area contributed by atoms with Gasteiger partial charge in [0.25, 0.3) is 0 Å². The van der Waals surface area contributed by atoms with Gasteiger partial charge in [0, 0.05) is 38.0 Å². The Morgan fingerprint density at radius 2 is 0.691 bits per heavy atom. The molecule has 0 amide bonds. The maximum Gasteiger partial charge on any atom is 0.171 e. The highest BCUT2D eigenvalue weighted by Gasteiger charge is 2.36. The molecule has 0 bridgehead atoms. The van der Waals surface area contributed by atoms with Gasteiger partial charge in [-0.3, -0.25) is 0 Å². The summed E-state index contributed by atoms with van der Waals surface area (Å²) in [5.41, 5.74) is 12.3. The van der Waals surface area contributed by atoms with E-state index in [2.05, 4.69) is 164 Å². The molecule has 9 aromatic carbocycles. The van der Waals surface area contributed by atoms with Crippen molar-refractivity contribution in [3.8, 4) is 67.5 Å². The van der Waals surface area contributed by atoms with E-state index in [1.807, 2.05) is 78.9 Å². The third-order valence-electron chi connectivity index (χ3n) is 13.8. The summed E-state index contributed by atoms with van der Waals surface area (Å²) < 4.78 is 15.1. The van der Waals surface area contributed by atoms with E-state index in [4.69, 9.17) is 15.0 Å². The SMILES string of the molecule is O=P(c1ccccc1)(c1ccccc1)c1ccc(-c2cccc(C3(c4ccc(-c5nc(-c6ccccc6)nc(-c6ccc(-c7ccccc7-c7ccccc7)cc6)n5)cc4)CCCCC3)c2)cc1. The van der Waals surface area contributed by atoms with E-state index in [-0.39, 0.29) is 5.41 Å². The fourth-order valence-electron chi connectivity index (χ4n) is 10.2. The predicted molar refractivity (Wildman–Crippen MR) is 282 cm³/mol. The van der Waals surface area contributed by atoms with Crippen LogP contribution in [-0.4, -0.2) is 15.0 Å². The lowest BCUT2D eigenvalue weighted by molar-refractivity contribution is 0.346. The minimum atomic E-state index is -3.07. The number of aromatic nitrogens is 3. The van der Waals surface area contributed by atoms with E-state index in [1.165, 1.54) is 47.1 Å². The Balaban J connectivity index is 0.915. The monoisotopic (exact) mass is 895 g/mol. The summed E-state index contributed by atoms with van der Waals surface area (Å²) in [6.07, 6.45) is 5.73. The number of hydrogen-bond donors (Lipinski definition) is 0. The molecule has 10 aromatic rings. The van der Waals surface area contributed by atoms with Gasteiger partial charge in [0.15, 0.2) is 24.6 Å². The summed E-state index contributed by atoms with van der Waals surface area (Å²) in [6, 6.07) is 84.1. The molecule has 1 aliphatic rings. The number of nitrogens with zero attached hydrogens (tertiary/aromatic N) is 3. The van der Waals surface area contributed by atoms with Gasteiger partial charge >= 0.3 is 0 Å². The molecular formula is C63H50N3OP. The second-order valence-electron chi connectivity index (χ2n) is 17.8. The molecule has 4 nitrogen and oxygen atoms in total. The van der Waals surface area contributed by atoms with Gasteiger partial charge in [-0.1, -0.05) is 262 Å². The van der Waals surface area contributed by atoms with Gasteiger partial charge < -0.3 is 4.57 Å². The average molecular weight is 896 g/mol. The molecule has 0 spiro atoms. The quantitative estimate of drug-likeness (QED) is 0.121. The molecule has 0 N–H and O–H groups in total. The van der Waals surface area contributed by atoms with Crippen LogP contribution in [0.1, 0.15) is 43.2 Å². The summed E-state index contributed by atoms with van der Waals surface area (Å²) in [5, 5.41) is 2.51. The Morgan fingerprint density at radius 3 is 1.22 bits per heavy atom. The van der Waals surface area contributed by atoms with Gasteiger partial charge in [-0.2, -0.15) is 0 Å². The van der Waals surface area contributed by atoms with Crippen LogP contribution in [0.3, 0.4) is 0 Å². The van der Waals surface area contributed by atoms with Crippen molar-refractivity contribution in [2.75, 3.05) is 0 Å². The van der Waals surface area contributed by atoms with E-state index in [9.17, 15) is 0 Å². The normalized spacial score (nSPS) is 13.5. The van der Waals surface area contributed by atoms with Crippen molar-refractivity contribution < 1.29 is 4.57 Å². The minimum Gasteiger partial charge on any atom is -0.309 e. The maximum atomic E-state index is 15.1. The Labute approximate surface area is 399 Å². The topological polar surface area (TPSA) is 55.7 Å². The molecule has 1 aliphatic carbocycles. The molecule has 328 valence electrons. The Morgan fingerprint density at radius 1 is 0.309 bits per heavy atom. The van der Waals surface area contributed by atoms with Crippen LogP contribution in [-0.2, 0) is 9.98 Å². The lowest BCUT2D eigenvalue weighted by Gasteiger charge is -2.39. The zero-order chi connectivity index (χ0) is 45.8. The summed E-state index contributed by atoms with van der Waals surface area (Å²) in [7, 11) is -3.07. The third kappa shape index (κ3) is 8.34. The van der Waals surface area contributed by atoms with E-state index >= 15 is 4.57 Å². The summed E-state index contributed by atoms with van der Waals surface area (Å²) in [5.74, 6) is 1.92. The molecule has 0 radical (unpaired) electrons. The molecule has 0 saturated heterocycles. The lowest BCUT2D eigenvalue weighted by Crippen LogP contribution is -2.30. The molecular weight excluding hydrogens is 846 g/mol. The first-order chi connectivity index (χ1) is 33.5. The smallest absolute Gasteiger partial charge is 0.171 e. The van der Waals surface area contributed by atoms with Crippen LogP contribution in [0.15, 0.2) is 243 Å². The second-order valence-corrected chi connectivity index (χ2v) is 20.6. The van der Waals surface area contributed by atoms with Gasteiger partial charge in [-0.15, -0.1) is 0 Å². The van der Waals surface area contributed by atoms with Crippen molar-refractivity contribution in [3.05, 3.63) is 254 Å². The number of benzene rings is 9. The first kappa shape index (κ1) is 42.8. The average Bonchev–Trinajstić information content (AvgIpc) is 3.44. The van der Waals surface area contributed by atoms with Crippen LogP contribution >= 0.6 is 7.14 Å². The van der Waals surface area contributed by atoms with Gasteiger partial charge in [0.1, 0.15) is 0 Å². The first-order valence-corrected chi connectivity index (χ1v) is 25.4. The van der Waals surface area contributed by atoms with Gasteiger partial charge in [-0.05, 0) is 57.3 Å². The molecule has 0 unspecified atom stereocenters. The van der Waals surface area contributed by atoms with Crippen molar-refractivity contribution in [2.24, 2.45) is 0 Å². The van der Waals surface area contributed by atoms with Crippen LogP contribution in [0.2, 0.25) is 0 Å². The summed E-state index contributed by atoms with van der Waals surface area (Å²) >= 11 is 0. The summed E-state index contributed by atoms with van der Waals surface area (Å²) in [4.78, 5) is 15.3. The third-order valence-corrected chi connectivity index (χ3v) is 16.8. The largest absolute Gasteiger partial charge is 0.309 e. The highest BCUT2D eigenvalue weighted by Crippen LogP contribution is 2.47. The molecule has 5 heteroatoms. The van der Waals surface area contributed by atoms with Crippen molar-refractivity contribution in [1.82, 2.24) is 15.0 Å². The zero-order valence-corrected chi connectivity index (χ0v) is 38.7. The first-order valence-electron chi connectivity index (χ1n) is 23.7. The van der Waals surface area contributed by atoms with Crippen LogP contribution < -0.4 is 15.9 Å². The Hall–Kier alpha value is -7.78.